The highest BCUT2D eigenvalue weighted by molar-refractivity contribution is 6.24. The van der Waals surface area contributed by atoms with Gasteiger partial charge >= 0.3 is 0 Å². The molecule has 0 aliphatic heterocycles. The van der Waals surface area contributed by atoms with Crippen LogP contribution in [0.3, 0.4) is 0 Å². The largest absolute Gasteiger partial charge is 0.456 e. The maximum Gasteiger partial charge on any atom is 0.136 e. The van der Waals surface area contributed by atoms with Crippen LogP contribution in [-0.2, 0) is 10.8 Å². The fourth-order valence-corrected chi connectivity index (χ4v) is 16.0. The summed E-state index contributed by atoms with van der Waals surface area (Å²) in [7, 11) is 0. The Labute approximate surface area is 448 Å². The zero-order chi connectivity index (χ0) is 50.6. The van der Waals surface area contributed by atoms with Crippen molar-refractivity contribution in [3.63, 3.8) is 0 Å². The van der Waals surface area contributed by atoms with E-state index in [1.165, 1.54) is 132 Å². The lowest BCUT2D eigenvalue weighted by Crippen LogP contribution is -2.25. The van der Waals surface area contributed by atoms with Crippen molar-refractivity contribution in [2.45, 2.75) is 10.8 Å². The third-order valence-electron chi connectivity index (χ3n) is 18.7. The molecule has 2 heterocycles. The summed E-state index contributed by atoms with van der Waals surface area (Å²) in [6, 6.07) is 95.0. The summed E-state index contributed by atoms with van der Waals surface area (Å²) in [6.45, 7) is 0. The zero-order valence-electron chi connectivity index (χ0n) is 42.1. The lowest BCUT2D eigenvalue weighted by atomic mass is 9.70. The summed E-state index contributed by atoms with van der Waals surface area (Å²) in [5.41, 5.74) is 28.4. The van der Waals surface area contributed by atoms with Gasteiger partial charge in [-0.15, -0.1) is 0 Å². The predicted octanol–water partition coefficient (Wildman–Crippen LogP) is 19.8. The van der Waals surface area contributed by atoms with Gasteiger partial charge in [0.2, 0.25) is 0 Å². The van der Waals surface area contributed by atoms with Crippen LogP contribution in [0.1, 0.15) is 44.5 Å². The average molecular weight is 987 g/mol. The van der Waals surface area contributed by atoms with Gasteiger partial charge in [-0.2, -0.15) is 0 Å². The number of rotatable bonds is 2. The summed E-state index contributed by atoms with van der Waals surface area (Å²) in [4.78, 5) is 0. The van der Waals surface area contributed by atoms with Gasteiger partial charge in [0.25, 0.3) is 0 Å². The molecule has 0 bridgehead atoms. The Morgan fingerprint density at radius 1 is 0.205 bits per heavy atom. The van der Waals surface area contributed by atoms with E-state index in [1.807, 2.05) is 0 Å². The summed E-state index contributed by atoms with van der Waals surface area (Å²) in [5, 5.41) is 9.38. The Morgan fingerprint density at radius 3 is 0.846 bits per heavy atom. The molecule has 4 aliphatic carbocycles. The molecule has 2 heteroatoms. The van der Waals surface area contributed by atoms with E-state index in [4.69, 9.17) is 8.83 Å². The number of hydrogen-bond acceptors (Lipinski definition) is 2. The Morgan fingerprint density at radius 2 is 0.500 bits per heavy atom. The van der Waals surface area contributed by atoms with Gasteiger partial charge in [-0.1, -0.05) is 218 Å². The normalized spacial score (nSPS) is 14.4. The molecule has 13 aromatic carbocycles. The SMILES string of the molecule is c1ccc2c(c1)-c1ccccc1C21c2ccccc2-c2c1ccc1oc3cc(-c4c5ccccc5c(-c5ccc6c(c5)oc5ccc7c(c56)-c5ccccc5C75c6ccccc6-c6ccccc65)c5ccccc45)ccc3c21. The Hall–Kier alpha value is -10.0. The van der Waals surface area contributed by atoms with E-state index in [-0.39, 0.29) is 0 Å². The number of benzene rings is 13. The van der Waals surface area contributed by atoms with Gasteiger partial charge in [-0.05, 0) is 169 Å². The molecule has 0 radical (unpaired) electrons. The molecule has 19 rings (SSSR count). The first-order valence-electron chi connectivity index (χ1n) is 27.2. The molecule has 358 valence electrons. The number of hydrogen-bond donors (Lipinski definition) is 0. The minimum atomic E-state index is -0.420. The van der Waals surface area contributed by atoms with Gasteiger partial charge in [0.1, 0.15) is 22.3 Å². The van der Waals surface area contributed by atoms with Crippen LogP contribution in [0.5, 0.6) is 0 Å². The molecule has 0 N–H and O–H groups in total. The zero-order valence-corrected chi connectivity index (χ0v) is 42.1. The van der Waals surface area contributed by atoms with Crippen LogP contribution in [-0.4, -0.2) is 0 Å². The summed E-state index contributed by atoms with van der Waals surface area (Å²) >= 11 is 0. The molecule has 2 nitrogen and oxygen atoms in total. The van der Waals surface area contributed by atoms with Crippen molar-refractivity contribution in [1.82, 2.24) is 0 Å². The monoisotopic (exact) mass is 986 g/mol. The first-order chi connectivity index (χ1) is 38.7. The van der Waals surface area contributed by atoms with Crippen LogP contribution in [0.4, 0.5) is 0 Å². The smallest absolute Gasteiger partial charge is 0.136 e. The average Bonchev–Trinajstić information content (AvgIpc) is 4.14. The van der Waals surface area contributed by atoms with Gasteiger partial charge in [-0.25, -0.2) is 0 Å². The summed E-state index contributed by atoms with van der Waals surface area (Å²) < 4.78 is 14.0. The minimum absolute atomic E-state index is 0.420. The second-order valence-corrected chi connectivity index (χ2v) is 22.0. The molecule has 78 heavy (non-hydrogen) atoms. The van der Waals surface area contributed by atoms with Crippen LogP contribution in [0.15, 0.2) is 264 Å². The Kier molecular flexibility index (Phi) is 7.65. The third-order valence-corrected chi connectivity index (χ3v) is 18.7. The van der Waals surface area contributed by atoms with Gasteiger partial charge in [0, 0.05) is 21.5 Å². The molecule has 0 fully saturated rings. The van der Waals surface area contributed by atoms with Crippen molar-refractivity contribution in [2.24, 2.45) is 0 Å². The van der Waals surface area contributed by atoms with Crippen LogP contribution in [0.2, 0.25) is 0 Å². The lowest BCUT2D eigenvalue weighted by Gasteiger charge is -2.30. The number of fused-ring (bicyclic) bond motifs is 30. The van der Waals surface area contributed by atoms with Crippen molar-refractivity contribution < 1.29 is 8.83 Å². The Balaban J connectivity index is 0.792. The summed E-state index contributed by atoms with van der Waals surface area (Å²) in [5.74, 6) is 0. The standard InChI is InChI=1S/C76H42O2/c1-2-22-50-49(21-1)69(43-33-35-55-67(41-43)77-65-39-37-63-71(73(55)65)53-25-9-15-31-61(53)75(63)57-27-11-5-17-45(57)46-18-6-12-28-58(46)75)51-23-3-4-24-52(51)70(50)44-34-36-56-68(42-44)78-66-40-38-64-72(74(56)66)54-26-10-16-32-62(54)76(64)59-29-13-7-19-47(59)48-20-8-14-30-60(48)76/h1-42H. The summed E-state index contributed by atoms with van der Waals surface area (Å²) in [6.07, 6.45) is 0. The van der Waals surface area contributed by atoms with Gasteiger partial charge in [0.15, 0.2) is 0 Å². The van der Waals surface area contributed by atoms with E-state index in [9.17, 15) is 0 Å². The number of furan rings is 2. The van der Waals surface area contributed by atoms with E-state index in [1.54, 1.807) is 0 Å². The van der Waals surface area contributed by atoms with E-state index in [0.717, 1.165) is 44.2 Å². The molecular formula is C76H42O2. The van der Waals surface area contributed by atoms with Gasteiger partial charge in [0.05, 0.1) is 10.8 Å². The molecule has 0 unspecified atom stereocenters. The first-order valence-corrected chi connectivity index (χ1v) is 27.2. The molecule has 0 atom stereocenters. The second-order valence-electron chi connectivity index (χ2n) is 22.0. The fourth-order valence-electron chi connectivity index (χ4n) is 16.0. The quantitative estimate of drug-likeness (QED) is 0.161. The minimum Gasteiger partial charge on any atom is -0.456 e. The molecule has 15 aromatic rings. The van der Waals surface area contributed by atoms with Crippen LogP contribution >= 0.6 is 0 Å². The van der Waals surface area contributed by atoms with Crippen LogP contribution in [0, 0.1) is 0 Å². The lowest BCUT2D eigenvalue weighted by molar-refractivity contribution is 0.668. The highest BCUT2D eigenvalue weighted by Gasteiger charge is 2.54. The fraction of sp³-hybridized carbons (Fsp3) is 0.0263. The van der Waals surface area contributed by atoms with Crippen molar-refractivity contribution in [1.29, 1.82) is 0 Å². The van der Waals surface area contributed by atoms with Crippen LogP contribution in [0.25, 0.3) is 132 Å². The maximum absolute atomic E-state index is 7.02. The molecule has 0 saturated carbocycles. The first kappa shape index (κ1) is 41.3. The molecule has 2 spiro atoms. The van der Waals surface area contributed by atoms with E-state index in [0.29, 0.717) is 0 Å². The highest BCUT2D eigenvalue weighted by atomic mass is 16.3. The predicted molar refractivity (Wildman–Crippen MR) is 319 cm³/mol. The van der Waals surface area contributed by atoms with Gasteiger partial charge < -0.3 is 8.83 Å². The molecule has 0 amide bonds. The van der Waals surface area contributed by atoms with Crippen molar-refractivity contribution in [2.75, 3.05) is 0 Å². The van der Waals surface area contributed by atoms with E-state index < -0.39 is 10.8 Å². The topological polar surface area (TPSA) is 26.3 Å². The molecule has 0 saturated heterocycles. The third kappa shape index (κ3) is 4.76. The maximum atomic E-state index is 7.02. The second kappa shape index (κ2) is 14.5. The molecular weight excluding hydrogens is 945 g/mol. The van der Waals surface area contributed by atoms with E-state index >= 15 is 0 Å². The molecule has 4 aliphatic rings. The van der Waals surface area contributed by atoms with E-state index in [2.05, 4.69) is 255 Å². The van der Waals surface area contributed by atoms with Crippen molar-refractivity contribution in [3.05, 3.63) is 299 Å². The molecule has 2 aromatic heterocycles. The van der Waals surface area contributed by atoms with Crippen molar-refractivity contribution >= 4 is 65.4 Å². The van der Waals surface area contributed by atoms with Crippen molar-refractivity contribution in [3.8, 4) is 66.8 Å². The van der Waals surface area contributed by atoms with Crippen LogP contribution < -0.4 is 0 Å². The highest BCUT2D eigenvalue weighted by Crippen LogP contribution is 2.66. The van der Waals surface area contributed by atoms with Gasteiger partial charge in [-0.3, -0.25) is 0 Å². The Bertz CT molecular complexity index is 4760.